The number of hydrogen-bond acceptors (Lipinski definition) is 5. The molecule has 2 aromatic carbocycles. The van der Waals surface area contributed by atoms with E-state index in [0.717, 1.165) is 46.4 Å². The summed E-state index contributed by atoms with van der Waals surface area (Å²) < 4.78 is 11.7. The normalized spacial score (nSPS) is 21.7. The fourth-order valence-corrected chi connectivity index (χ4v) is 5.77. The van der Waals surface area contributed by atoms with Crippen molar-refractivity contribution in [3.8, 4) is 11.5 Å². The summed E-state index contributed by atoms with van der Waals surface area (Å²) in [6, 6.07) is 14.3. The van der Waals surface area contributed by atoms with E-state index in [4.69, 9.17) is 9.47 Å². The van der Waals surface area contributed by atoms with Gasteiger partial charge in [-0.3, -0.25) is 14.7 Å². The molecule has 2 heterocycles. The van der Waals surface area contributed by atoms with Crippen LogP contribution in [0.3, 0.4) is 0 Å². The highest BCUT2D eigenvalue weighted by Gasteiger charge is 2.51. The minimum absolute atomic E-state index is 0.0692. The molecule has 1 N–H and O–H groups in total. The quantitative estimate of drug-likeness (QED) is 0.535. The molecule has 0 bridgehead atoms. The van der Waals surface area contributed by atoms with Gasteiger partial charge in [0.15, 0.2) is 0 Å². The number of aryl methyl sites for hydroxylation is 1. The van der Waals surface area contributed by atoms with Gasteiger partial charge in [0.1, 0.15) is 18.1 Å². The van der Waals surface area contributed by atoms with E-state index in [0.29, 0.717) is 23.6 Å². The van der Waals surface area contributed by atoms with Crippen molar-refractivity contribution in [2.24, 2.45) is 5.41 Å². The van der Waals surface area contributed by atoms with E-state index in [9.17, 15) is 4.79 Å². The summed E-state index contributed by atoms with van der Waals surface area (Å²) >= 11 is 0. The number of carbonyl (C=O) groups excluding carboxylic acids is 1. The fourth-order valence-electron chi connectivity index (χ4n) is 5.77. The van der Waals surface area contributed by atoms with Crippen molar-refractivity contribution < 1.29 is 14.3 Å². The largest absolute Gasteiger partial charge is 0.497 e. The van der Waals surface area contributed by atoms with Gasteiger partial charge in [0.25, 0.3) is 5.91 Å². The van der Waals surface area contributed by atoms with Crippen molar-refractivity contribution in [2.75, 3.05) is 27.3 Å². The van der Waals surface area contributed by atoms with Gasteiger partial charge in [0.2, 0.25) is 0 Å². The average Bonchev–Trinajstić information content (AvgIpc) is 3.78. The van der Waals surface area contributed by atoms with Gasteiger partial charge in [-0.25, -0.2) is 0 Å². The van der Waals surface area contributed by atoms with E-state index >= 15 is 0 Å². The van der Waals surface area contributed by atoms with E-state index in [2.05, 4.69) is 28.3 Å². The Kier molecular flexibility index (Phi) is 5.26. The molecule has 182 valence electrons. The topological polar surface area (TPSA) is 63.7 Å². The third-order valence-corrected chi connectivity index (χ3v) is 8.28. The van der Waals surface area contributed by atoms with Crippen molar-refractivity contribution in [1.82, 2.24) is 15.2 Å². The second-order valence-electron chi connectivity index (χ2n) is 10.8. The molecule has 6 rings (SSSR count). The van der Waals surface area contributed by atoms with E-state index in [1.54, 1.807) is 13.3 Å². The minimum Gasteiger partial charge on any atom is -0.497 e. The van der Waals surface area contributed by atoms with Crippen molar-refractivity contribution in [3.05, 3.63) is 65.4 Å². The van der Waals surface area contributed by atoms with Crippen LogP contribution >= 0.6 is 0 Å². The Bertz CT molecular complexity index is 1300. The minimum atomic E-state index is -0.401. The summed E-state index contributed by atoms with van der Waals surface area (Å²) in [5.74, 6) is 1.44. The number of aromatic nitrogens is 1. The Morgan fingerprint density at radius 3 is 2.69 bits per heavy atom. The van der Waals surface area contributed by atoms with Crippen LogP contribution in [0, 0.1) is 12.3 Å². The van der Waals surface area contributed by atoms with Crippen LogP contribution in [-0.2, 0) is 5.54 Å². The van der Waals surface area contributed by atoms with E-state index in [-0.39, 0.29) is 5.91 Å². The molecule has 2 aliphatic carbocycles. The summed E-state index contributed by atoms with van der Waals surface area (Å²) in [6.07, 6.45) is 7.48. The highest BCUT2D eigenvalue weighted by atomic mass is 16.5. The van der Waals surface area contributed by atoms with Gasteiger partial charge in [-0.2, -0.15) is 0 Å². The second-order valence-corrected chi connectivity index (χ2v) is 10.8. The summed E-state index contributed by atoms with van der Waals surface area (Å²) in [4.78, 5) is 20.5. The smallest absolute Gasteiger partial charge is 0.252 e. The molecule has 1 saturated heterocycles. The molecule has 1 atom stereocenters. The summed E-state index contributed by atoms with van der Waals surface area (Å²) in [7, 11) is 3.86. The SMILES string of the molecule is COc1cc(C2(NC(=O)c3cc(OCC4CC5(CC5)CN4C)ccc3C)CC2)c2cccnc2c1. The zero-order valence-electron chi connectivity index (χ0n) is 20.8. The molecule has 6 heteroatoms. The Balaban J connectivity index is 1.21. The van der Waals surface area contributed by atoms with Crippen LogP contribution in [-0.4, -0.2) is 49.1 Å². The average molecular weight is 472 g/mol. The number of fused-ring (bicyclic) bond motifs is 1. The van der Waals surface area contributed by atoms with Crippen molar-refractivity contribution in [2.45, 2.75) is 50.6 Å². The second kappa shape index (κ2) is 8.23. The number of hydrogen-bond donors (Lipinski definition) is 1. The Morgan fingerprint density at radius 1 is 1.14 bits per heavy atom. The van der Waals surface area contributed by atoms with Gasteiger partial charge in [-0.05, 0) is 86.9 Å². The molecule has 3 aliphatic rings. The van der Waals surface area contributed by atoms with Crippen LogP contribution in [0.15, 0.2) is 48.7 Å². The maximum Gasteiger partial charge on any atom is 0.252 e. The number of benzene rings is 2. The fraction of sp³-hybridized carbons (Fsp3) is 0.448. The molecule has 1 spiro atoms. The lowest BCUT2D eigenvalue weighted by Gasteiger charge is -2.22. The van der Waals surface area contributed by atoms with Gasteiger partial charge in [-0.1, -0.05) is 12.1 Å². The lowest BCUT2D eigenvalue weighted by atomic mass is 9.97. The Morgan fingerprint density at radius 2 is 1.97 bits per heavy atom. The first-order valence-electron chi connectivity index (χ1n) is 12.6. The van der Waals surface area contributed by atoms with E-state index in [1.165, 1.54) is 25.8 Å². The summed E-state index contributed by atoms with van der Waals surface area (Å²) in [5.41, 5.74) is 3.70. The van der Waals surface area contributed by atoms with Gasteiger partial charge < -0.3 is 14.8 Å². The highest BCUT2D eigenvalue weighted by Crippen LogP contribution is 2.54. The number of methoxy groups -OCH3 is 1. The number of carbonyl (C=O) groups is 1. The maximum absolute atomic E-state index is 13.5. The van der Waals surface area contributed by atoms with Crippen molar-refractivity contribution in [1.29, 1.82) is 0 Å². The lowest BCUT2D eigenvalue weighted by Crippen LogP contribution is -2.35. The Labute approximate surface area is 206 Å². The first kappa shape index (κ1) is 22.4. The lowest BCUT2D eigenvalue weighted by molar-refractivity contribution is 0.0930. The molecule has 1 amide bonds. The number of likely N-dealkylation sites (N-methyl/N-ethyl adjacent to an activating group) is 1. The maximum atomic E-state index is 13.5. The van der Waals surface area contributed by atoms with Gasteiger partial charge >= 0.3 is 0 Å². The first-order chi connectivity index (χ1) is 16.9. The van der Waals surface area contributed by atoms with Gasteiger partial charge in [-0.15, -0.1) is 0 Å². The number of likely N-dealkylation sites (tertiary alicyclic amines) is 1. The predicted molar refractivity (Wildman–Crippen MR) is 136 cm³/mol. The molecule has 3 fully saturated rings. The number of nitrogens with zero attached hydrogens (tertiary/aromatic N) is 2. The third-order valence-electron chi connectivity index (χ3n) is 8.28. The van der Waals surface area contributed by atoms with Crippen LogP contribution in [0.1, 0.15) is 53.6 Å². The molecular formula is C29H33N3O3. The molecule has 35 heavy (non-hydrogen) atoms. The van der Waals surface area contributed by atoms with Crippen LogP contribution in [0.4, 0.5) is 0 Å². The van der Waals surface area contributed by atoms with Crippen molar-refractivity contribution >= 4 is 16.8 Å². The molecule has 0 radical (unpaired) electrons. The number of amides is 1. The van der Waals surface area contributed by atoms with Crippen LogP contribution < -0.4 is 14.8 Å². The number of rotatable bonds is 7. The first-order valence-corrected chi connectivity index (χ1v) is 12.6. The predicted octanol–water partition coefficient (Wildman–Crippen LogP) is 4.83. The van der Waals surface area contributed by atoms with Crippen LogP contribution in [0.25, 0.3) is 10.9 Å². The van der Waals surface area contributed by atoms with E-state index in [1.807, 2.05) is 43.3 Å². The number of ether oxygens (including phenoxy) is 2. The van der Waals surface area contributed by atoms with E-state index < -0.39 is 5.54 Å². The number of pyridine rings is 1. The molecule has 1 unspecified atom stereocenters. The van der Waals surface area contributed by atoms with Crippen molar-refractivity contribution in [3.63, 3.8) is 0 Å². The molecule has 3 aromatic rings. The summed E-state index contributed by atoms with van der Waals surface area (Å²) in [6.45, 7) is 3.82. The molecule has 1 aliphatic heterocycles. The monoisotopic (exact) mass is 471 g/mol. The third kappa shape index (κ3) is 4.14. The molecular weight excluding hydrogens is 438 g/mol. The highest BCUT2D eigenvalue weighted by molar-refractivity contribution is 5.97. The molecule has 6 nitrogen and oxygen atoms in total. The standard InChI is InChI=1S/C29H33N3O3/c1-19-6-7-21(35-17-20-16-28(8-9-28)18-32(20)2)13-24(19)27(33)31-29(10-11-29)25-14-22(34-3)15-26-23(25)5-4-12-30-26/h4-7,12-15,20H,8-11,16-18H2,1-3H3,(H,31,33). The zero-order valence-corrected chi connectivity index (χ0v) is 20.8. The van der Waals surface area contributed by atoms with Gasteiger partial charge in [0, 0.05) is 35.8 Å². The molecule has 1 aromatic heterocycles. The zero-order chi connectivity index (χ0) is 24.2. The number of nitrogens with one attached hydrogen (secondary N) is 1. The van der Waals surface area contributed by atoms with Crippen LogP contribution in [0.2, 0.25) is 0 Å². The van der Waals surface area contributed by atoms with Gasteiger partial charge in [0.05, 0.1) is 18.2 Å². The Hall–Kier alpha value is -3.12. The summed E-state index contributed by atoms with van der Waals surface area (Å²) in [5, 5.41) is 4.40. The van der Waals surface area contributed by atoms with Crippen LogP contribution in [0.5, 0.6) is 11.5 Å². The molecule has 2 saturated carbocycles.